The number of nitrogens with one attached hydrogen (secondary N) is 1. The fourth-order valence-electron chi connectivity index (χ4n) is 4.11. The molecule has 7 nitrogen and oxygen atoms in total. The van der Waals surface area contributed by atoms with E-state index in [1.807, 2.05) is 0 Å². The molecule has 0 bridgehead atoms. The first-order chi connectivity index (χ1) is 19.3. The fraction of sp³-hybridized carbons (Fsp3) is 0.286. The number of sulfonamides is 1. The summed E-state index contributed by atoms with van der Waals surface area (Å²) in [5.41, 5.74) is -1.08. The molecular formula is C28H28Cl2F3N3O4S. The highest BCUT2D eigenvalue weighted by Gasteiger charge is 2.36. The number of benzene rings is 3. The van der Waals surface area contributed by atoms with Crippen molar-refractivity contribution in [2.45, 2.75) is 43.9 Å². The summed E-state index contributed by atoms with van der Waals surface area (Å²) in [5.74, 6) is -1.29. The van der Waals surface area contributed by atoms with E-state index in [1.54, 1.807) is 44.2 Å². The van der Waals surface area contributed by atoms with E-state index in [2.05, 4.69) is 5.32 Å². The number of nitrogens with zero attached hydrogens (tertiary/aromatic N) is 2. The second-order valence-electron chi connectivity index (χ2n) is 8.96. The Bertz CT molecular complexity index is 1470. The SMILES string of the molecule is CCNC(=O)[C@H](CC)N(Cc1ccc(Cl)cc1)C(=O)CN(c1cc(C(F)(F)F)ccc1Cl)S(=O)(=O)c1ccccc1. The van der Waals surface area contributed by atoms with E-state index in [0.717, 1.165) is 12.1 Å². The van der Waals surface area contributed by atoms with Gasteiger partial charge in [0.05, 0.1) is 21.2 Å². The van der Waals surface area contributed by atoms with Gasteiger partial charge in [0.1, 0.15) is 12.6 Å². The number of amides is 2. The van der Waals surface area contributed by atoms with Gasteiger partial charge in [-0.25, -0.2) is 8.42 Å². The maximum absolute atomic E-state index is 13.9. The van der Waals surface area contributed by atoms with Crippen molar-refractivity contribution in [1.82, 2.24) is 10.2 Å². The van der Waals surface area contributed by atoms with Gasteiger partial charge in [-0.3, -0.25) is 13.9 Å². The Morgan fingerprint density at radius 2 is 1.59 bits per heavy atom. The quantitative estimate of drug-likeness (QED) is 0.276. The van der Waals surface area contributed by atoms with Gasteiger partial charge in [-0.15, -0.1) is 0 Å². The van der Waals surface area contributed by atoms with Gasteiger partial charge in [-0.05, 0) is 61.4 Å². The van der Waals surface area contributed by atoms with Gasteiger partial charge in [0.2, 0.25) is 11.8 Å². The predicted molar refractivity (Wildman–Crippen MR) is 152 cm³/mol. The maximum Gasteiger partial charge on any atom is 0.416 e. The van der Waals surface area contributed by atoms with Gasteiger partial charge in [0, 0.05) is 18.1 Å². The number of hydrogen-bond donors (Lipinski definition) is 1. The summed E-state index contributed by atoms with van der Waals surface area (Å²) in [4.78, 5) is 27.8. The van der Waals surface area contributed by atoms with Crippen molar-refractivity contribution in [1.29, 1.82) is 0 Å². The molecule has 0 aliphatic carbocycles. The second kappa shape index (κ2) is 13.6. The summed E-state index contributed by atoms with van der Waals surface area (Å²) < 4.78 is 69.0. The number of rotatable bonds is 11. The lowest BCUT2D eigenvalue weighted by Crippen LogP contribution is -2.52. The van der Waals surface area contributed by atoms with Crippen LogP contribution in [0.4, 0.5) is 18.9 Å². The van der Waals surface area contributed by atoms with Crippen molar-refractivity contribution in [3.63, 3.8) is 0 Å². The van der Waals surface area contributed by atoms with Crippen molar-refractivity contribution in [2.24, 2.45) is 0 Å². The molecule has 0 fully saturated rings. The van der Waals surface area contributed by atoms with Gasteiger partial charge >= 0.3 is 6.18 Å². The Labute approximate surface area is 246 Å². The highest BCUT2D eigenvalue weighted by molar-refractivity contribution is 7.92. The number of halogens is 5. The summed E-state index contributed by atoms with van der Waals surface area (Å²) in [6, 6.07) is 14.7. The van der Waals surface area contributed by atoms with Crippen molar-refractivity contribution >= 4 is 50.7 Å². The molecule has 0 radical (unpaired) electrons. The van der Waals surface area contributed by atoms with E-state index in [1.165, 1.54) is 29.2 Å². The maximum atomic E-state index is 13.9. The van der Waals surface area contributed by atoms with Crippen molar-refractivity contribution in [3.8, 4) is 0 Å². The molecular weight excluding hydrogens is 602 g/mol. The van der Waals surface area contributed by atoms with Crippen molar-refractivity contribution < 1.29 is 31.2 Å². The summed E-state index contributed by atoms with van der Waals surface area (Å²) in [5, 5.41) is 2.80. The molecule has 0 aliphatic heterocycles. The van der Waals surface area contributed by atoms with E-state index >= 15 is 0 Å². The Hall–Kier alpha value is -3.28. The van der Waals surface area contributed by atoms with Gasteiger partial charge in [-0.1, -0.05) is 60.5 Å². The van der Waals surface area contributed by atoms with E-state index in [4.69, 9.17) is 23.2 Å². The largest absolute Gasteiger partial charge is 0.416 e. The predicted octanol–water partition coefficient (Wildman–Crippen LogP) is 6.15. The van der Waals surface area contributed by atoms with Crippen LogP contribution in [0, 0.1) is 0 Å². The van der Waals surface area contributed by atoms with E-state index in [9.17, 15) is 31.2 Å². The minimum atomic E-state index is -4.81. The van der Waals surface area contributed by atoms with E-state index in [0.29, 0.717) is 21.0 Å². The molecule has 41 heavy (non-hydrogen) atoms. The first-order valence-electron chi connectivity index (χ1n) is 12.6. The van der Waals surface area contributed by atoms with E-state index < -0.39 is 51.9 Å². The third kappa shape index (κ3) is 7.93. The van der Waals surface area contributed by atoms with Gasteiger partial charge in [-0.2, -0.15) is 13.2 Å². The zero-order chi connectivity index (χ0) is 30.4. The molecule has 3 rings (SSSR count). The lowest BCUT2D eigenvalue weighted by atomic mass is 10.1. The first-order valence-corrected chi connectivity index (χ1v) is 14.7. The van der Waals surface area contributed by atoms with Crippen molar-refractivity contribution in [3.05, 3.63) is 94.0 Å². The van der Waals surface area contributed by atoms with Crippen LogP contribution in [0.2, 0.25) is 10.0 Å². The number of anilines is 1. The van der Waals surface area contributed by atoms with Crippen LogP contribution < -0.4 is 9.62 Å². The van der Waals surface area contributed by atoms with Gasteiger partial charge < -0.3 is 10.2 Å². The molecule has 3 aromatic carbocycles. The smallest absolute Gasteiger partial charge is 0.355 e. The molecule has 0 spiro atoms. The standard InChI is InChI=1S/C28H28Cl2F3N3O4S/c1-3-24(27(38)34-4-2)35(17-19-10-13-21(29)14-11-19)26(37)18-36(41(39,40)22-8-6-5-7-9-22)25-16-20(28(31,32)33)12-15-23(25)30/h5-16,24H,3-4,17-18H2,1-2H3,(H,34,38)/t24-/m0/s1. The molecule has 1 N–H and O–H groups in total. The average Bonchev–Trinajstić information content (AvgIpc) is 2.93. The number of hydrogen-bond acceptors (Lipinski definition) is 4. The molecule has 0 aliphatic rings. The van der Waals surface area contributed by atoms with Crippen LogP contribution in [-0.4, -0.2) is 44.3 Å². The number of carbonyl (C=O) groups is 2. The van der Waals surface area contributed by atoms with Crippen LogP contribution in [-0.2, 0) is 32.3 Å². The summed E-state index contributed by atoms with van der Waals surface area (Å²) in [6.07, 6.45) is -4.63. The van der Waals surface area contributed by atoms with Gasteiger partial charge in [0.25, 0.3) is 10.0 Å². The Morgan fingerprint density at radius 1 is 0.951 bits per heavy atom. The Kier molecular flexibility index (Phi) is 10.7. The molecule has 0 saturated carbocycles. The third-order valence-corrected chi connectivity index (χ3v) is 8.50. The molecule has 2 amide bonds. The highest BCUT2D eigenvalue weighted by Crippen LogP contribution is 2.37. The molecule has 0 aromatic heterocycles. The van der Waals surface area contributed by atoms with E-state index in [-0.39, 0.29) is 29.4 Å². The lowest BCUT2D eigenvalue weighted by Gasteiger charge is -2.33. The van der Waals surface area contributed by atoms with Crippen LogP contribution in [0.1, 0.15) is 31.4 Å². The van der Waals surface area contributed by atoms with Crippen LogP contribution in [0.15, 0.2) is 77.7 Å². The van der Waals surface area contributed by atoms with Gasteiger partial charge in [0.15, 0.2) is 0 Å². The molecule has 0 unspecified atom stereocenters. The molecule has 0 saturated heterocycles. The third-order valence-electron chi connectivity index (χ3n) is 6.16. The molecule has 3 aromatic rings. The molecule has 220 valence electrons. The second-order valence-corrected chi connectivity index (χ2v) is 11.7. The lowest BCUT2D eigenvalue weighted by molar-refractivity contribution is -0.140. The minimum Gasteiger partial charge on any atom is -0.355 e. The molecule has 1 atom stereocenters. The Balaban J connectivity index is 2.15. The first kappa shape index (κ1) is 32.2. The average molecular weight is 631 g/mol. The van der Waals surface area contributed by atoms with Crippen LogP contribution in [0.25, 0.3) is 0 Å². The summed E-state index contributed by atoms with van der Waals surface area (Å²) in [7, 11) is -4.59. The number of alkyl halides is 3. The normalized spacial score (nSPS) is 12.5. The zero-order valence-electron chi connectivity index (χ0n) is 22.2. The number of carbonyl (C=O) groups excluding carboxylic acids is 2. The van der Waals surface area contributed by atoms with Crippen LogP contribution in [0.5, 0.6) is 0 Å². The summed E-state index contributed by atoms with van der Waals surface area (Å²) >= 11 is 12.2. The molecule has 13 heteroatoms. The molecule has 0 heterocycles. The van der Waals surface area contributed by atoms with Crippen molar-refractivity contribution in [2.75, 3.05) is 17.4 Å². The number of likely N-dealkylation sites (N-methyl/N-ethyl adjacent to an activating group) is 1. The summed E-state index contributed by atoms with van der Waals surface area (Å²) in [6.45, 7) is 2.65. The highest BCUT2D eigenvalue weighted by atomic mass is 35.5. The Morgan fingerprint density at radius 3 is 2.15 bits per heavy atom. The van der Waals surface area contributed by atoms with Crippen LogP contribution in [0.3, 0.4) is 0 Å². The van der Waals surface area contributed by atoms with Crippen LogP contribution >= 0.6 is 23.2 Å². The zero-order valence-corrected chi connectivity index (χ0v) is 24.5. The topological polar surface area (TPSA) is 86.8 Å². The fourth-order valence-corrected chi connectivity index (χ4v) is 5.95. The monoisotopic (exact) mass is 629 g/mol. The minimum absolute atomic E-state index is 0.0960.